The molecule has 1 aromatic rings. The molecule has 20 heavy (non-hydrogen) atoms. The van der Waals surface area contributed by atoms with Crippen LogP contribution in [0.5, 0.6) is 0 Å². The van der Waals surface area contributed by atoms with Crippen LogP contribution in [0.2, 0.25) is 0 Å². The summed E-state index contributed by atoms with van der Waals surface area (Å²) in [5.41, 5.74) is 0. The summed E-state index contributed by atoms with van der Waals surface area (Å²) in [5, 5.41) is 9.00. The highest BCUT2D eigenvalue weighted by Gasteiger charge is 2.30. The normalized spacial score (nSPS) is 15.2. The molecule has 1 aromatic heterocycles. The first-order valence-electron chi connectivity index (χ1n) is 6.84. The number of aliphatic carboxylic acids is 1. The summed E-state index contributed by atoms with van der Waals surface area (Å²) < 4.78 is 5.21. The van der Waals surface area contributed by atoms with Crippen LogP contribution >= 0.6 is 0 Å². The topological polar surface area (TPSA) is 74.0 Å². The molecular formula is C14H20N2O4. The molecule has 0 spiro atoms. The Morgan fingerprint density at radius 3 is 2.65 bits per heavy atom. The molecule has 6 heteroatoms. The van der Waals surface area contributed by atoms with Gasteiger partial charge in [0.15, 0.2) is 0 Å². The predicted octanol–water partition coefficient (Wildman–Crippen LogP) is 2.16. The first-order chi connectivity index (χ1) is 9.58. The molecule has 0 radical (unpaired) electrons. The lowest BCUT2D eigenvalue weighted by Gasteiger charge is -2.31. The summed E-state index contributed by atoms with van der Waals surface area (Å²) in [6, 6.07) is 3.34. The summed E-state index contributed by atoms with van der Waals surface area (Å²) in [6.45, 7) is 0.0979. The zero-order valence-electron chi connectivity index (χ0n) is 11.6. The van der Waals surface area contributed by atoms with Gasteiger partial charge in [0.1, 0.15) is 12.3 Å². The van der Waals surface area contributed by atoms with E-state index in [1.165, 1.54) is 9.80 Å². The maximum atomic E-state index is 12.4. The Morgan fingerprint density at radius 2 is 2.10 bits per heavy atom. The van der Waals surface area contributed by atoms with Crippen LogP contribution < -0.4 is 0 Å². The number of carbonyl (C=O) groups excluding carboxylic acids is 1. The third-order valence-corrected chi connectivity index (χ3v) is 3.62. The van der Waals surface area contributed by atoms with Gasteiger partial charge in [0, 0.05) is 13.1 Å². The SMILES string of the molecule is CN(Cc1ccco1)C(=O)N(CC(=O)O)C1CCCC1. The second-order valence-corrected chi connectivity index (χ2v) is 5.18. The first-order valence-corrected chi connectivity index (χ1v) is 6.84. The van der Waals surface area contributed by atoms with E-state index in [9.17, 15) is 9.59 Å². The van der Waals surface area contributed by atoms with Gasteiger partial charge < -0.3 is 19.3 Å². The summed E-state index contributed by atoms with van der Waals surface area (Å²) in [4.78, 5) is 26.4. The van der Waals surface area contributed by atoms with E-state index in [4.69, 9.17) is 9.52 Å². The number of carbonyl (C=O) groups is 2. The second kappa shape index (κ2) is 6.45. The second-order valence-electron chi connectivity index (χ2n) is 5.18. The predicted molar refractivity (Wildman–Crippen MR) is 72.2 cm³/mol. The minimum Gasteiger partial charge on any atom is -0.480 e. The fraction of sp³-hybridized carbons (Fsp3) is 0.571. The summed E-state index contributed by atoms with van der Waals surface area (Å²) >= 11 is 0. The molecular weight excluding hydrogens is 260 g/mol. The van der Waals surface area contributed by atoms with E-state index in [1.807, 2.05) is 0 Å². The number of amides is 2. The maximum Gasteiger partial charge on any atom is 0.323 e. The molecule has 0 aromatic carbocycles. The molecule has 6 nitrogen and oxygen atoms in total. The van der Waals surface area contributed by atoms with Gasteiger partial charge in [0.05, 0.1) is 12.8 Å². The average Bonchev–Trinajstić information content (AvgIpc) is 3.07. The van der Waals surface area contributed by atoms with Crippen LogP contribution in [0.25, 0.3) is 0 Å². The molecule has 1 heterocycles. The van der Waals surface area contributed by atoms with Crippen LogP contribution in [0, 0.1) is 0 Å². The summed E-state index contributed by atoms with van der Waals surface area (Å²) in [7, 11) is 1.66. The Bertz CT molecular complexity index is 452. The molecule has 1 N–H and O–H groups in total. The van der Waals surface area contributed by atoms with Crippen molar-refractivity contribution in [2.24, 2.45) is 0 Å². The minimum absolute atomic E-state index is 0.0395. The standard InChI is InChI=1S/C14H20N2O4/c1-15(9-12-7-4-8-20-12)14(19)16(10-13(17)18)11-5-2-3-6-11/h4,7-8,11H,2-3,5-6,9-10H2,1H3,(H,17,18). The van der Waals surface area contributed by atoms with E-state index in [0.29, 0.717) is 12.3 Å². The third-order valence-electron chi connectivity index (χ3n) is 3.62. The van der Waals surface area contributed by atoms with Gasteiger partial charge >= 0.3 is 12.0 Å². The highest BCUT2D eigenvalue weighted by molar-refractivity contribution is 5.80. The van der Waals surface area contributed by atoms with Crippen LogP contribution in [0.3, 0.4) is 0 Å². The van der Waals surface area contributed by atoms with Crippen molar-refractivity contribution in [3.63, 3.8) is 0 Å². The van der Waals surface area contributed by atoms with E-state index in [0.717, 1.165) is 25.7 Å². The molecule has 2 rings (SSSR count). The van der Waals surface area contributed by atoms with Gasteiger partial charge in [-0.05, 0) is 25.0 Å². The van der Waals surface area contributed by atoms with Crippen molar-refractivity contribution in [1.29, 1.82) is 0 Å². The number of urea groups is 1. The van der Waals surface area contributed by atoms with Gasteiger partial charge in [-0.25, -0.2) is 4.79 Å². The van der Waals surface area contributed by atoms with Gasteiger partial charge in [-0.15, -0.1) is 0 Å². The van der Waals surface area contributed by atoms with Gasteiger partial charge in [-0.2, -0.15) is 0 Å². The smallest absolute Gasteiger partial charge is 0.323 e. The number of furan rings is 1. The van der Waals surface area contributed by atoms with Gasteiger partial charge in [-0.3, -0.25) is 4.79 Å². The fourth-order valence-electron chi connectivity index (χ4n) is 2.64. The highest BCUT2D eigenvalue weighted by atomic mass is 16.4. The van der Waals surface area contributed by atoms with Crippen LogP contribution in [-0.2, 0) is 11.3 Å². The average molecular weight is 280 g/mol. The van der Waals surface area contributed by atoms with E-state index in [1.54, 1.807) is 25.4 Å². The molecule has 1 aliphatic rings. The fourth-order valence-corrected chi connectivity index (χ4v) is 2.64. The lowest BCUT2D eigenvalue weighted by Crippen LogP contribution is -2.48. The largest absolute Gasteiger partial charge is 0.480 e. The number of carboxylic acids is 1. The van der Waals surface area contributed by atoms with E-state index < -0.39 is 5.97 Å². The molecule has 0 saturated heterocycles. The van der Waals surface area contributed by atoms with Crippen molar-refractivity contribution in [2.45, 2.75) is 38.3 Å². The lowest BCUT2D eigenvalue weighted by molar-refractivity contribution is -0.138. The van der Waals surface area contributed by atoms with E-state index >= 15 is 0 Å². The van der Waals surface area contributed by atoms with Gasteiger partial charge in [0.25, 0.3) is 0 Å². The highest BCUT2D eigenvalue weighted by Crippen LogP contribution is 2.24. The monoisotopic (exact) mass is 280 g/mol. The van der Waals surface area contributed by atoms with Crippen LogP contribution in [0.4, 0.5) is 4.79 Å². The molecule has 110 valence electrons. The minimum atomic E-state index is -0.975. The van der Waals surface area contributed by atoms with Crippen LogP contribution in [0.1, 0.15) is 31.4 Å². The molecule has 1 aliphatic carbocycles. The van der Waals surface area contributed by atoms with Gasteiger partial charge in [0.2, 0.25) is 0 Å². The van der Waals surface area contributed by atoms with Gasteiger partial charge in [-0.1, -0.05) is 12.8 Å². The first kappa shape index (κ1) is 14.4. The summed E-state index contributed by atoms with van der Waals surface area (Å²) in [6.07, 6.45) is 5.42. The number of hydrogen-bond acceptors (Lipinski definition) is 3. The van der Waals surface area contributed by atoms with Crippen LogP contribution in [-0.4, -0.2) is 46.5 Å². The number of hydrogen-bond donors (Lipinski definition) is 1. The molecule has 1 fully saturated rings. The third kappa shape index (κ3) is 3.53. The molecule has 1 saturated carbocycles. The van der Waals surface area contributed by atoms with Crippen molar-refractivity contribution < 1.29 is 19.1 Å². The quantitative estimate of drug-likeness (QED) is 0.897. The molecule has 0 aliphatic heterocycles. The van der Waals surface area contributed by atoms with Crippen molar-refractivity contribution >= 4 is 12.0 Å². The number of carboxylic acid groups (broad SMARTS) is 1. The molecule has 2 amide bonds. The maximum absolute atomic E-state index is 12.4. The van der Waals surface area contributed by atoms with Crippen molar-refractivity contribution in [3.8, 4) is 0 Å². The van der Waals surface area contributed by atoms with Crippen molar-refractivity contribution in [1.82, 2.24) is 9.80 Å². The molecule has 0 bridgehead atoms. The zero-order valence-corrected chi connectivity index (χ0v) is 11.6. The Balaban J connectivity index is 2.02. The zero-order chi connectivity index (χ0) is 14.5. The molecule has 0 unspecified atom stereocenters. The Morgan fingerprint density at radius 1 is 1.40 bits per heavy atom. The number of rotatable bonds is 5. The summed E-state index contributed by atoms with van der Waals surface area (Å²) in [5.74, 6) is -0.292. The van der Waals surface area contributed by atoms with Crippen molar-refractivity contribution in [2.75, 3.05) is 13.6 Å². The Labute approximate surface area is 118 Å². The van der Waals surface area contributed by atoms with E-state index in [-0.39, 0.29) is 18.6 Å². The van der Waals surface area contributed by atoms with Crippen LogP contribution in [0.15, 0.2) is 22.8 Å². The lowest BCUT2D eigenvalue weighted by atomic mass is 10.2. The Hall–Kier alpha value is -1.98. The Kier molecular flexibility index (Phi) is 4.65. The number of nitrogens with zero attached hydrogens (tertiary/aromatic N) is 2. The molecule has 0 atom stereocenters. The van der Waals surface area contributed by atoms with Crippen molar-refractivity contribution in [3.05, 3.63) is 24.2 Å². The van der Waals surface area contributed by atoms with E-state index in [2.05, 4.69) is 0 Å².